The van der Waals surface area contributed by atoms with E-state index in [1.165, 1.54) is 0 Å². The van der Waals surface area contributed by atoms with Gasteiger partial charge in [0.05, 0.1) is 0 Å². The number of rotatable bonds is 7. The summed E-state index contributed by atoms with van der Waals surface area (Å²) in [4.78, 5) is 17.0. The van der Waals surface area contributed by atoms with Crippen molar-refractivity contribution in [2.24, 2.45) is 0 Å². The minimum absolute atomic E-state index is 0.193. The summed E-state index contributed by atoms with van der Waals surface area (Å²) in [5.41, 5.74) is 4.01. The number of para-hydroxylation sites is 2. The second kappa shape index (κ2) is 9.00. The number of oxazole rings is 1. The van der Waals surface area contributed by atoms with E-state index in [1.807, 2.05) is 73.7 Å². The zero-order valence-corrected chi connectivity index (χ0v) is 18.0. The third-order valence-corrected chi connectivity index (χ3v) is 5.23. The highest BCUT2D eigenvalue weighted by Crippen LogP contribution is 2.22. The van der Waals surface area contributed by atoms with E-state index in [0.29, 0.717) is 17.2 Å². The molecule has 7 heteroatoms. The summed E-state index contributed by atoms with van der Waals surface area (Å²) in [6.45, 7) is 2.01. The number of carbonyl (C=O) groups is 1. The second-order valence-electron chi connectivity index (χ2n) is 7.62. The van der Waals surface area contributed by atoms with Gasteiger partial charge in [0.25, 0.3) is 5.91 Å². The lowest BCUT2D eigenvalue weighted by atomic mass is 10.1. The molecule has 1 unspecified atom stereocenters. The van der Waals surface area contributed by atoms with Gasteiger partial charge < -0.3 is 14.5 Å². The summed E-state index contributed by atoms with van der Waals surface area (Å²) in [6, 6.07) is 26.8. The minimum Gasteiger partial charge on any atom is -0.471 e. The highest BCUT2D eigenvalue weighted by molar-refractivity contribution is 5.92. The van der Waals surface area contributed by atoms with Crippen LogP contribution in [-0.2, 0) is 6.73 Å². The molecule has 0 saturated carbocycles. The van der Waals surface area contributed by atoms with E-state index >= 15 is 0 Å². The first-order valence-corrected chi connectivity index (χ1v) is 10.6. The molecular weight excluding hydrogens is 416 g/mol. The fraction of sp³-hybridized carbons (Fsp3) is 0.115. The molecule has 2 heterocycles. The quantitative estimate of drug-likeness (QED) is 0.377. The number of benzene rings is 3. The molecule has 1 amide bonds. The Hall–Kier alpha value is -4.39. The zero-order chi connectivity index (χ0) is 22.6. The first-order chi connectivity index (χ1) is 16.2. The second-order valence-corrected chi connectivity index (χ2v) is 7.62. The van der Waals surface area contributed by atoms with Crippen LogP contribution in [0, 0.1) is 0 Å². The van der Waals surface area contributed by atoms with Crippen molar-refractivity contribution in [3.05, 3.63) is 103 Å². The van der Waals surface area contributed by atoms with Crippen LogP contribution in [0.3, 0.4) is 0 Å². The maximum atomic E-state index is 12.6. The Morgan fingerprint density at radius 3 is 2.48 bits per heavy atom. The first-order valence-electron chi connectivity index (χ1n) is 10.6. The lowest BCUT2D eigenvalue weighted by Crippen LogP contribution is -2.27. The van der Waals surface area contributed by atoms with Crippen molar-refractivity contribution in [3.8, 4) is 16.9 Å². The number of fused-ring (bicyclic) bond motifs is 1. The van der Waals surface area contributed by atoms with Crippen molar-refractivity contribution < 1.29 is 13.9 Å². The van der Waals surface area contributed by atoms with Crippen molar-refractivity contribution in [2.75, 3.05) is 0 Å². The number of amides is 1. The number of nitrogens with one attached hydrogen (secondary N) is 1. The molecule has 0 aliphatic carbocycles. The van der Waals surface area contributed by atoms with E-state index in [9.17, 15) is 4.79 Å². The van der Waals surface area contributed by atoms with Gasteiger partial charge in [0.1, 0.15) is 23.0 Å². The SMILES string of the molecule is CC(NC(=O)c1ccn(COc2ccc(-c3ccccc3)cc2)n1)c1nc2ccccc2o1. The molecule has 0 fully saturated rings. The van der Waals surface area contributed by atoms with Crippen LogP contribution < -0.4 is 10.1 Å². The highest BCUT2D eigenvalue weighted by atomic mass is 16.5. The predicted octanol–water partition coefficient (Wildman–Crippen LogP) is 5.22. The van der Waals surface area contributed by atoms with Crippen LogP contribution in [0.4, 0.5) is 0 Å². The molecule has 0 saturated heterocycles. The van der Waals surface area contributed by atoms with Crippen LogP contribution >= 0.6 is 0 Å². The summed E-state index contributed by atoms with van der Waals surface area (Å²) in [6.07, 6.45) is 1.71. The molecule has 5 rings (SSSR count). The number of hydrogen-bond acceptors (Lipinski definition) is 5. The molecule has 2 aromatic heterocycles. The first kappa shape index (κ1) is 20.5. The van der Waals surface area contributed by atoms with Crippen LogP contribution in [0.25, 0.3) is 22.2 Å². The summed E-state index contributed by atoms with van der Waals surface area (Å²) in [7, 11) is 0. The number of aromatic nitrogens is 3. The van der Waals surface area contributed by atoms with Crippen molar-refractivity contribution in [2.45, 2.75) is 19.7 Å². The van der Waals surface area contributed by atoms with Crippen LogP contribution in [0.2, 0.25) is 0 Å². The highest BCUT2D eigenvalue weighted by Gasteiger charge is 2.18. The van der Waals surface area contributed by atoms with Gasteiger partial charge in [-0.05, 0) is 48.4 Å². The van der Waals surface area contributed by atoms with Gasteiger partial charge in [-0.3, -0.25) is 4.79 Å². The van der Waals surface area contributed by atoms with Crippen LogP contribution in [0.15, 0.2) is 95.5 Å². The molecule has 164 valence electrons. The van der Waals surface area contributed by atoms with Gasteiger partial charge in [-0.25, -0.2) is 9.67 Å². The molecular formula is C26H22N4O3. The predicted molar refractivity (Wildman–Crippen MR) is 125 cm³/mol. The van der Waals surface area contributed by atoms with Crippen molar-refractivity contribution >= 4 is 17.0 Å². The monoisotopic (exact) mass is 438 g/mol. The Kier molecular flexibility index (Phi) is 5.59. The third-order valence-electron chi connectivity index (χ3n) is 5.23. The van der Waals surface area contributed by atoms with Gasteiger partial charge in [0, 0.05) is 6.20 Å². The van der Waals surface area contributed by atoms with Gasteiger partial charge in [0.2, 0.25) is 5.89 Å². The zero-order valence-electron chi connectivity index (χ0n) is 18.0. The Bertz CT molecular complexity index is 1340. The average molecular weight is 438 g/mol. The van der Waals surface area contributed by atoms with Crippen molar-refractivity contribution in [1.82, 2.24) is 20.1 Å². The Morgan fingerprint density at radius 1 is 0.970 bits per heavy atom. The molecule has 0 aliphatic rings. The van der Waals surface area contributed by atoms with E-state index in [0.717, 1.165) is 22.4 Å². The van der Waals surface area contributed by atoms with Crippen LogP contribution in [0.1, 0.15) is 29.3 Å². The summed E-state index contributed by atoms with van der Waals surface area (Å²) < 4.78 is 13.1. The van der Waals surface area contributed by atoms with Gasteiger partial charge in [-0.1, -0.05) is 54.6 Å². The van der Waals surface area contributed by atoms with Crippen molar-refractivity contribution in [3.63, 3.8) is 0 Å². The maximum absolute atomic E-state index is 12.6. The molecule has 1 N–H and O–H groups in total. The Labute approximate surface area is 190 Å². The summed E-state index contributed by atoms with van der Waals surface area (Å²) in [5.74, 6) is 0.864. The smallest absolute Gasteiger partial charge is 0.272 e. The van der Waals surface area contributed by atoms with E-state index in [1.54, 1.807) is 16.9 Å². The maximum Gasteiger partial charge on any atom is 0.272 e. The standard InChI is InChI=1S/C26H22N4O3/c1-18(26-28-22-9-5-6-10-24(22)33-26)27-25(31)23-15-16-30(29-23)17-32-21-13-11-20(12-14-21)19-7-3-2-4-8-19/h2-16,18H,17H2,1H3,(H,27,31). The lowest BCUT2D eigenvalue weighted by Gasteiger charge is -2.09. The third kappa shape index (κ3) is 4.62. The van der Waals surface area contributed by atoms with Gasteiger partial charge >= 0.3 is 0 Å². The summed E-state index contributed by atoms with van der Waals surface area (Å²) in [5, 5.41) is 7.18. The largest absolute Gasteiger partial charge is 0.471 e. The molecule has 0 bridgehead atoms. The lowest BCUT2D eigenvalue weighted by molar-refractivity contribution is 0.0927. The van der Waals surface area contributed by atoms with E-state index in [-0.39, 0.29) is 12.6 Å². The van der Waals surface area contributed by atoms with Gasteiger partial charge in [0.15, 0.2) is 12.3 Å². The summed E-state index contributed by atoms with van der Waals surface area (Å²) >= 11 is 0. The van der Waals surface area contributed by atoms with E-state index in [2.05, 4.69) is 27.5 Å². The number of nitrogens with zero attached hydrogens (tertiary/aromatic N) is 3. The molecule has 33 heavy (non-hydrogen) atoms. The van der Waals surface area contributed by atoms with E-state index < -0.39 is 6.04 Å². The molecule has 1 atom stereocenters. The van der Waals surface area contributed by atoms with Gasteiger partial charge in [-0.15, -0.1) is 0 Å². The fourth-order valence-electron chi connectivity index (χ4n) is 3.48. The number of hydrogen-bond donors (Lipinski definition) is 1. The molecule has 5 aromatic rings. The molecule has 0 spiro atoms. The Balaban J connectivity index is 1.18. The number of ether oxygens (including phenoxy) is 1. The average Bonchev–Trinajstić information content (AvgIpc) is 3.51. The van der Waals surface area contributed by atoms with Crippen LogP contribution in [-0.4, -0.2) is 20.7 Å². The topological polar surface area (TPSA) is 82.2 Å². The van der Waals surface area contributed by atoms with Crippen molar-refractivity contribution in [1.29, 1.82) is 0 Å². The van der Waals surface area contributed by atoms with Gasteiger partial charge in [-0.2, -0.15) is 5.10 Å². The fourth-order valence-corrected chi connectivity index (χ4v) is 3.48. The molecule has 7 nitrogen and oxygen atoms in total. The number of carbonyl (C=O) groups excluding carboxylic acids is 1. The minimum atomic E-state index is -0.394. The molecule has 3 aromatic carbocycles. The molecule has 0 aliphatic heterocycles. The molecule has 0 radical (unpaired) electrons. The Morgan fingerprint density at radius 2 is 1.70 bits per heavy atom. The van der Waals surface area contributed by atoms with E-state index in [4.69, 9.17) is 9.15 Å². The van der Waals surface area contributed by atoms with Crippen LogP contribution in [0.5, 0.6) is 5.75 Å². The normalized spacial score (nSPS) is 11.9.